The van der Waals surface area contributed by atoms with E-state index in [2.05, 4.69) is 48.9 Å². The van der Waals surface area contributed by atoms with Crippen molar-refractivity contribution in [3.8, 4) is 0 Å². The van der Waals surface area contributed by atoms with Gasteiger partial charge in [0.25, 0.3) is 0 Å². The van der Waals surface area contributed by atoms with Crippen LogP contribution in [0.1, 0.15) is 12.8 Å². The van der Waals surface area contributed by atoms with Crippen molar-refractivity contribution in [3.63, 3.8) is 0 Å². The second kappa shape index (κ2) is 10.3. The number of piperidine rings is 1. The van der Waals surface area contributed by atoms with Crippen LogP contribution in [0.5, 0.6) is 0 Å². The summed E-state index contributed by atoms with van der Waals surface area (Å²) in [4.78, 5) is 27.8. The number of carbonyl (C=O) groups excluding carboxylic acids is 1. The molecule has 1 amide bonds. The maximum Gasteiger partial charge on any atom is 0.247 e. The molecule has 32 heavy (non-hydrogen) atoms. The lowest BCUT2D eigenvalue weighted by molar-refractivity contribution is -0.111. The zero-order valence-electron chi connectivity index (χ0n) is 18.4. The van der Waals surface area contributed by atoms with Crippen LogP contribution in [0.2, 0.25) is 5.02 Å². The molecule has 0 atom stereocenters. The number of hydrogen-bond donors (Lipinski definition) is 2. The molecule has 0 saturated carbocycles. The predicted molar refractivity (Wildman–Crippen MR) is 130 cm³/mol. The van der Waals surface area contributed by atoms with Gasteiger partial charge < -0.3 is 20.4 Å². The van der Waals surface area contributed by atoms with Gasteiger partial charge in [0, 0.05) is 51.0 Å². The zero-order chi connectivity index (χ0) is 22.5. The lowest BCUT2D eigenvalue weighted by Crippen LogP contribution is -2.52. The summed E-state index contributed by atoms with van der Waals surface area (Å²) in [6.07, 6.45) is 6.60. The molecule has 3 heterocycles. The van der Waals surface area contributed by atoms with E-state index in [1.165, 1.54) is 18.5 Å². The van der Waals surface area contributed by atoms with Crippen LogP contribution in [0.4, 0.5) is 23.0 Å². The van der Waals surface area contributed by atoms with Gasteiger partial charge in [0.1, 0.15) is 0 Å². The maximum atomic E-state index is 12.1. The van der Waals surface area contributed by atoms with E-state index in [0.717, 1.165) is 69.2 Å². The predicted octanol–water partition coefficient (Wildman–Crippen LogP) is 3.21. The number of nitrogens with zero attached hydrogens (tertiary/aromatic N) is 5. The normalized spacial score (nSPS) is 18.4. The van der Waals surface area contributed by atoms with Crippen molar-refractivity contribution in [1.29, 1.82) is 0 Å². The molecule has 1 aromatic heterocycles. The van der Waals surface area contributed by atoms with Crippen molar-refractivity contribution in [2.24, 2.45) is 0 Å². The molecule has 2 aliphatic heterocycles. The second-order valence-electron chi connectivity index (χ2n) is 8.33. The fourth-order valence-corrected chi connectivity index (χ4v) is 4.44. The summed E-state index contributed by atoms with van der Waals surface area (Å²) in [5, 5.41) is 6.59. The summed E-state index contributed by atoms with van der Waals surface area (Å²) in [6, 6.07) is 6.55. The minimum Gasteiger partial charge on any atom is -0.370 e. The summed E-state index contributed by atoms with van der Waals surface area (Å²) in [5.41, 5.74) is 2.54. The minimum atomic E-state index is -0.238. The van der Waals surface area contributed by atoms with Gasteiger partial charge in [0.05, 0.1) is 28.8 Å². The van der Waals surface area contributed by atoms with Crippen LogP contribution in [0.3, 0.4) is 0 Å². The number of halogens is 1. The van der Waals surface area contributed by atoms with E-state index in [9.17, 15) is 4.79 Å². The molecule has 0 unspecified atom stereocenters. The summed E-state index contributed by atoms with van der Waals surface area (Å²) in [7, 11) is 2.19. The van der Waals surface area contributed by atoms with E-state index in [1.807, 2.05) is 18.2 Å². The molecule has 1 aromatic carbocycles. The molecule has 2 fully saturated rings. The van der Waals surface area contributed by atoms with Crippen LogP contribution in [0.25, 0.3) is 0 Å². The average Bonchev–Trinajstić information content (AvgIpc) is 2.81. The lowest BCUT2D eigenvalue weighted by Gasteiger charge is -2.43. The number of piperazine rings is 1. The molecule has 0 radical (unpaired) electrons. The van der Waals surface area contributed by atoms with Gasteiger partial charge in [0.15, 0.2) is 0 Å². The Morgan fingerprint density at radius 1 is 1.12 bits per heavy atom. The Kier molecular flexibility index (Phi) is 7.24. The fraction of sp³-hybridized carbons (Fsp3) is 0.435. The van der Waals surface area contributed by atoms with E-state index in [0.29, 0.717) is 17.0 Å². The van der Waals surface area contributed by atoms with Crippen LogP contribution in [0, 0.1) is 0 Å². The first-order chi connectivity index (χ1) is 15.5. The summed E-state index contributed by atoms with van der Waals surface area (Å²) in [5.74, 6) is 0.203. The van der Waals surface area contributed by atoms with Gasteiger partial charge in [-0.15, -0.1) is 0 Å². The number of benzene rings is 1. The molecule has 170 valence electrons. The molecule has 2 aliphatic rings. The average molecular weight is 456 g/mol. The van der Waals surface area contributed by atoms with Crippen LogP contribution in [-0.4, -0.2) is 78.0 Å². The standard InChI is InChI=1S/C23H30ClN7O/c1-3-22(32)28-20-14-18(27-23-25-15-17(24)16-26-23)4-5-21(20)31-8-6-19(7-9-31)30-12-10-29(2)11-13-30/h3-5,14-16,19H,1,6-13H2,2H3,(H,28,32)(H,25,26,27). The number of rotatable bonds is 6. The van der Waals surface area contributed by atoms with Crippen molar-refractivity contribution in [2.45, 2.75) is 18.9 Å². The number of anilines is 4. The zero-order valence-corrected chi connectivity index (χ0v) is 19.2. The second-order valence-corrected chi connectivity index (χ2v) is 8.77. The van der Waals surface area contributed by atoms with Gasteiger partial charge in [-0.3, -0.25) is 9.69 Å². The Hall–Kier alpha value is -2.68. The number of nitrogens with one attached hydrogen (secondary N) is 2. The first kappa shape index (κ1) is 22.5. The molecule has 0 aliphatic carbocycles. The molecule has 8 nitrogen and oxygen atoms in total. The summed E-state index contributed by atoms with van der Waals surface area (Å²) < 4.78 is 0. The van der Waals surface area contributed by atoms with Crippen molar-refractivity contribution in [2.75, 3.05) is 61.8 Å². The number of amides is 1. The van der Waals surface area contributed by atoms with Crippen LogP contribution in [-0.2, 0) is 4.79 Å². The van der Waals surface area contributed by atoms with Crippen LogP contribution >= 0.6 is 11.6 Å². The van der Waals surface area contributed by atoms with Gasteiger partial charge in [-0.25, -0.2) is 9.97 Å². The fourth-order valence-electron chi connectivity index (χ4n) is 4.34. The third kappa shape index (κ3) is 5.56. The van der Waals surface area contributed by atoms with Gasteiger partial charge >= 0.3 is 0 Å². The quantitative estimate of drug-likeness (QED) is 0.647. The number of aromatic nitrogens is 2. The first-order valence-corrected chi connectivity index (χ1v) is 11.4. The molecular weight excluding hydrogens is 426 g/mol. The Bertz CT molecular complexity index is 936. The van der Waals surface area contributed by atoms with Crippen molar-refractivity contribution < 1.29 is 4.79 Å². The number of carbonyl (C=O) groups is 1. The highest BCUT2D eigenvalue weighted by Gasteiger charge is 2.27. The molecule has 2 saturated heterocycles. The lowest BCUT2D eigenvalue weighted by atomic mass is 10.0. The molecule has 0 bridgehead atoms. The minimum absolute atomic E-state index is 0.238. The molecular formula is C23H30ClN7O. The highest BCUT2D eigenvalue weighted by atomic mass is 35.5. The molecule has 2 aromatic rings. The third-order valence-electron chi connectivity index (χ3n) is 6.18. The topological polar surface area (TPSA) is 76.6 Å². The molecule has 0 spiro atoms. The Balaban J connectivity index is 1.46. The summed E-state index contributed by atoms with van der Waals surface area (Å²) in [6.45, 7) is 10.1. The van der Waals surface area contributed by atoms with Crippen molar-refractivity contribution in [1.82, 2.24) is 19.8 Å². The van der Waals surface area contributed by atoms with Gasteiger partial charge in [-0.1, -0.05) is 18.2 Å². The van der Waals surface area contributed by atoms with Crippen molar-refractivity contribution >= 4 is 40.5 Å². The summed E-state index contributed by atoms with van der Waals surface area (Å²) >= 11 is 5.87. The van der Waals surface area contributed by atoms with Crippen molar-refractivity contribution in [3.05, 3.63) is 48.3 Å². The Morgan fingerprint density at radius 2 is 1.81 bits per heavy atom. The van der Waals surface area contributed by atoms with E-state index >= 15 is 0 Å². The van der Waals surface area contributed by atoms with Gasteiger partial charge in [-0.2, -0.15) is 0 Å². The smallest absolute Gasteiger partial charge is 0.247 e. The highest BCUT2D eigenvalue weighted by molar-refractivity contribution is 6.30. The molecule has 4 rings (SSSR count). The van der Waals surface area contributed by atoms with E-state index in [-0.39, 0.29) is 5.91 Å². The Morgan fingerprint density at radius 3 is 2.47 bits per heavy atom. The van der Waals surface area contributed by atoms with E-state index < -0.39 is 0 Å². The third-order valence-corrected chi connectivity index (χ3v) is 6.37. The monoisotopic (exact) mass is 455 g/mol. The maximum absolute atomic E-state index is 12.1. The van der Waals surface area contributed by atoms with Crippen LogP contribution in [0.15, 0.2) is 43.2 Å². The number of likely N-dealkylation sites (N-methyl/N-ethyl adjacent to an activating group) is 1. The first-order valence-electron chi connectivity index (χ1n) is 11.0. The Labute approximate surface area is 194 Å². The van der Waals surface area contributed by atoms with E-state index in [1.54, 1.807) is 0 Å². The van der Waals surface area contributed by atoms with E-state index in [4.69, 9.17) is 11.6 Å². The largest absolute Gasteiger partial charge is 0.370 e. The molecule has 2 N–H and O–H groups in total. The highest BCUT2D eigenvalue weighted by Crippen LogP contribution is 2.33. The number of hydrogen-bond acceptors (Lipinski definition) is 7. The molecule has 9 heteroatoms. The van der Waals surface area contributed by atoms with Gasteiger partial charge in [-0.05, 0) is 44.2 Å². The van der Waals surface area contributed by atoms with Crippen LogP contribution < -0.4 is 15.5 Å². The SMILES string of the molecule is C=CC(=O)Nc1cc(Nc2ncc(Cl)cn2)ccc1N1CCC(N2CCN(C)CC2)CC1. The van der Waals surface area contributed by atoms with Gasteiger partial charge in [0.2, 0.25) is 11.9 Å².